The lowest BCUT2D eigenvalue weighted by Crippen LogP contribution is -2.44. The Bertz CT molecular complexity index is 550. The molecule has 1 N–H and O–H groups in total. The third-order valence-corrected chi connectivity index (χ3v) is 5.58. The summed E-state index contributed by atoms with van der Waals surface area (Å²) in [5, 5.41) is 14.4. The predicted octanol–water partition coefficient (Wildman–Crippen LogP) is 1.33. The van der Waals surface area contributed by atoms with Gasteiger partial charge in [-0.3, -0.25) is 4.68 Å². The fourth-order valence-corrected chi connectivity index (χ4v) is 4.50. The van der Waals surface area contributed by atoms with Gasteiger partial charge >= 0.3 is 0 Å². The second kappa shape index (κ2) is 4.90. The van der Waals surface area contributed by atoms with Crippen molar-refractivity contribution in [3.63, 3.8) is 0 Å². The lowest BCUT2D eigenvalue weighted by atomic mass is 9.96. The highest BCUT2D eigenvalue weighted by Gasteiger charge is 2.47. The summed E-state index contributed by atoms with van der Waals surface area (Å²) in [6.45, 7) is 4.06. The molecule has 19 heavy (non-hydrogen) atoms. The highest BCUT2D eigenvalue weighted by Crippen LogP contribution is 2.37. The van der Waals surface area contributed by atoms with E-state index < -0.39 is 20.7 Å². The third-order valence-electron chi connectivity index (χ3n) is 3.87. The van der Waals surface area contributed by atoms with Crippen molar-refractivity contribution in [2.75, 3.05) is 6.26 Å². The molecule has 0 aliphatic heterocycles. The van der Waals surface area contributed by atoms with Gasteiger partial charge in [-0.1, -0.05) is 0 Å². The summed E-state index contributed by atoms with van der Waals surface area (Å²) in [7, 11) is -3.22. The van der Waals surface area contributed by atoms with Gasteiger partial charge in [0.2, 0.25) is 0 Å². The van der Waals surface area contributed by atoms with Crippen LogP contribution in [0.25, 0.3) is 0 Å². The van der Waals surface area contributed by atoms with Crippen LogP contribution in [0.1, 0.15) is 44.8 Å². The van der Waals surface area contributed by atoms with Gasteiger partial charge in [-0.2, -0.15) is 5.10 Å². The minimum absolute atomic E-state index is 0.262. The molecule has 1 fully saturated rings. The summed E-state index contributed by atoms with van der Waals surface area (Å²) >= 11 is 0. The summed E-state index contributed by atoms with van der Waals surface area (Å²) in [5.74, 6) is 0. The normalized spacial score (nSPS) is 28.2. The lowest BCUT2D eigenvalue weighted by Gasteiger charge is -2.28. The molecule has 0 radical (unpaired) electrons. The van der Waals surface area contributed by atoms with E-state index in [1.165, 1.54) is 6.26 Å². The van der Waals surface area contributed by atoms with Gasteiger partial charge in [-0.05, 0) is 39.2 Å². The second-order valence-electron chi connectivity index (χ2n) is 5.87. The minimum Gasteiger partial charge on any atom is -0.388 e. The molecule has 0 amide bonds. The number of nitrogens with zero attached hydrogens (tertiary/aromatic N) is 2. The van der Waals surface area contributed by atoms with Gasteiger partial charge < -0.3 is 5.11 Å². The average Bonchev–Trinajstić information content (AvgIpc) is 2.84. The van der Waals surface area contributed by atoms with Gasteiger partial charge in [-0.15, -0.1) is 0 Å². The Morgan fingerprint density at radius 3 is 2.79 bits per heavy atom. The van der Waals surface area contributed by atoms with Crippen molar-refractivity contribution < 1.29 is 13.5 Å². The van der Waals surface area contributed by atoms with E-state index in [4.69, 9.17) is 0 Å². The molecule has 2 atom stereocenters. The molecule has 1 aliphatic carbocycles. The molecule has 2 unspecified atom stereocenters. The van der Waals surface area contributed by atoms with Crippen molar-refractivity contribution in [2.24, 2.45) is 0 Å². The molecule has 1 aliphatic rings. The molecule has 6 heteroatoms. The van der Waals surface area contributed by atoms with E-state index >= 15 is 0 Å². The third kappa shape index (κ3) is 3.00. The van der Waals surface area contributed by atoms with Gasteiger partial charge in [-0.25, -0.2) is 8.42 Å². The second-order valence-corrected chi connectivity index (χ2v) is 8.10. The maximum atomic E-state index is 11.8. The van der Waals surface area contributed by atoms with E-state index in [9.17, 15) is 13.5 Å². The van der Waals surface area contributed by atoms with Crippen molar-refractivity contribution in [1.82, 2.24) is 9.78 Å². The largest absolute Gasteiger partial charge is 0.388 e. The summed E-state index contributed by atoms with van der Waals surface area (Å²) in [6, 6.07) is 2.12. The first kappa shape index (κ1) is 14.5. The van der Waals surface area contributed by atoms with E-state index in [0.29, 0.717) is 19.3 Å². The Hall–Kier alpha value is -0.880. The Balaban J connectivity index is 2.20. The van der Waals surface area contributed by atoms with Gasteiger partial charge in [0, 0.05) is 24.9 Å². The molecular formula is C13H22N2O3S. The number of hydrogen-bond donors (Lipinski definition) is 1. The van der Waals surface area contributed by atoms with Crippen LogP contribution in [0.5, 0.6) is 0 Å². The zero-order valence-electron chi connectivity index (χ0n) is 11.7. The van der Waals surface area contributed by atoms with E-state index in [1.807, 2.05) is 30.8 Å². The molecular weight excluding hydrogens is 264 g/mol. The quantitative estimate of drug-likeness (QED) is 0.906. The SMILES string of the molecule is CC(C)n1ccc(CC2(O)CCCC2S(C)(=O)=O)n1. The highest BCUT2D eigenvalue weighted by molar-refractivity contribution is 7.91. The fourth-order valence-electron chi connectivity index (χ4n) is 2.91. The number of hydrogen-bond acceptors (Lipinski definition) is 4. The molecule has 108 valence electrons. The highest BCUT2D eigenvalue weighted by atomic mass is 32.2. The van der Waals surface area contributed by atoms with Crippen LogP contribution in [0.4, 0.5) is 0 Å². The van der Waals surface area contributed by atoms with Crippen LogP contribution < -0.4 is 0 Å². The molecule has 1 aromatic rings. The molecule has 1 heterocycles. The van der Waals surface area contributed by atoms with Crippen LogP contribution in [-0.2, 0) is 16.3 Å². The first-order valence-corrected chi connectivity index (χ1v) is 8.63. The van der Waals surface area contributed by atoms with Crippen LogP contribution >= 0.6 is 0 Å². The minimum atomic E-state index is -3.22. The monoisotopic (exact) mass is 286 g/mol. The van der Waals surface area contributed by atoms with E-state index in [2.05, 4.69) is 5.10 Å². The number of aromatic nitrogens is 2. The molecule has 0 aromatic carbocycles. The smallest absolute Gasteiger partial charge is 0.153 e. The summed E-state index contributed by atoms with van der Waals surface area (Å²) in [4.78, 5) is 0. The van der Waals surface area contributed by atoms with E-state index in [0.717, 1.165) is 12.1 Å². The molecule has 1 saturated carbocycles. The molecule has 0 spiro atoms. The van der Waals surface area contributed by atoms with Gasteiger partial charge in [0.15, 0.2) is 9.84 Å². The van der Waals surface area contributed by atoms with E-state index in [1.54, 1.807) is 0 Å². The van der Waals surface area contributed by atoms with Gasteiger partial charge in [0.25, 0.3) is 0 Å². The fraction of sp³-hybridized carbons (Fsp3) is 0.769. The zero-order valence-corrected chi connectivity index (χ0v) is 12.5. The topological polar surface area (TPSA) is 72.2 Å². The maximum Gasteiger partial charge on any atom is 0.153 e. The van der Waals surface area contributed by atoms with Crippen molar-refractivity contribution in [1.29, 1.82) is 0 Å². The Labute approximate surface area is 114 Å². The number of aliphatic hydroxyl groups is 1. The van der Waals surface area contributed by atoms with Crippen molar-refractivity contribution in [3.8, 4) is 0 Å². The number of sulfone groups is 1. The standard InChI is InChI=1S/C13H22N2O3S/c1-10(2)15-8-6-11(14-15)9-13(16)7-4-5-12(13)19(3,17)18/h6,8,10,12,16H,4-5,7,9H2,1-3H3. The van der Waals surface area contributed by atoms with Gasteiger partial charge in [0.1, 0.15) is 0 Å². The van der Waals surface area contributed by atoms with Crippen molar-refractivity contribution in [2.45, 2.75) is 56.4 Å². The van der Waals surface area contributed by atoms with Crippen LogP contribution in [-0.4, -0.2) is 40.4 Å². The molecule has 5 nitrogen and oxygen atoms in total. The molecule has 2 rings (SSSR count). The Kier molecular flexibility index (Phi) is 3.75. The van der Waals surface area contributed by atoms with E-state index in [-0.39, 0.29) is 6.04 Å². The van der Waals surface area contributed by atoms with Crippen LogP contribution in [0.2, 0.25) is 0 Å². The Morgan fingerprint density at radius 2 is 2.26 bits per heavy atom. The lowest BCUT2D eigenvalue weighted by molar-refractivity contribution is 0.0501. The van der Waals surface area contributed by atoms with Crippen LogP contribution in [0, 0.1) is 0 Å². The summed E-state index contributed by atoms with van der Waals surface area (Å²) in [6.07, 6.45) is 5.21. The first-order chi connectivity index (χ1) is 8.72. The van der Waals surface area contributed by atoms with Crippen LogP contribution in [0.15, 0.2) is 12.3 Å². The summed E-state index contributed by atoms with van der Waals surface area (Å²) in [5.41, 5.74) is -0.407. The van der Waals surface area contributed by atoms with Crippen LogP contribution in [0.3, 0.4) is 0 Å². The maximum absolute atomic E-state index is 11.8. The zero-order chi connectivity index (χ0) is 14.3. The first-order valence-electron chi connectivity index (χ1n) is 6.68. The molecule has 0 saturated heterocycles. The predicted molar refractivity (Wildman–Crippen MR) is 73.7 cm³/mol. The number of rotatable bonds is 4. The summed E-state index contributed by atoms with van der Waals surface area (Å²) < 4.78 is 25.4. The molecule has 0 bridgehead atoms. The Morgan fingerprint density at radius 1 is 1.58 bits per heavy atom. The van der Waals surface area contributed by atoms with Crippen molar-refractivity contribution in [3.05, 3.63) is 18.0 Å². The average molecular weight is 286 g/mol. The molecule has 1 aromatic heterocycles. The van der Waals surface area contributed by atoms with Crippen molar-refractivity contribution >= 4 is 9.84 Å². The van der Waals surface area contributed by atoms with Gasteiger partial charge in [0.05, 0.1) is 16.5 Å².